The zero-order valence-corrected chi connectivity index (χ0v) is 12.2. The molecule has 0 saturated carbocycles. The van der Waals surface area contributed by atoms with Crippen LogP contribution in [0.2, 0.25) is 5.02 Å². The number of fused-ring (bicyclic) bond motifs is 1. The monoisotopic (exact) mass is 306 g/mol. The van der Waals surface area contributed by atoms with E-state index in [0.29, 0.717) is 11.0 Å². The van der Waals surface area contributed by atoms with Crippen molar-refractivity contribution in [3.05, 3.63) is 53.3 Å². The highest BCUT2D eigenvalue weighted by atomic mass is 35.5. The van der Waals surface area contributed by atoms with Gasteiger partial charge in [0.1, 0.15) is 10.5 Å². The molecule has 0 aliphatic heterocycles. The van der Waals surface area contributed by atoms with Crippen LogP contribution in [0.25, 0.3) is 11.0 Å². The second kappa shape index (κ2) is 4.61. The number of nitrogens with one attached hydrogen (secondary N) is 1. The molecule has 0 unspecified atom stereocenters. The van der Waals surface area contributed by atoms with Gasteiger partial charge in [0, 0.05) is 17.8 Å². The van der Waals surface area contributed by atoms with Crippen molar-refractivity contribution >= 4 is 32.5 Å². The smallest absolute Gasteiger partial charge is 0.209 e. The Hall–Kier alpha value is -1.85. The van der Waals surface area contributed by atoms with E-state index >= 15 is 0 Å². The standard InChI is InChI=1S/C14H11ClN2O2S/c1-9-2-4-10(5-3-9)20(18,19)12-8-17-14-11(13(12)15)6-7-16-14/h2-8H,1H3,(H,16,17). The van der Waals surface area contributed by atoms with Gasteiger partial charge in [-0.15, -0.1) is 0 Å². The Balaban J connectivity index is 2.23. The SMILES string of the molecule is Cc1ccc(S(=O)(=O)c2cnc3[nH]ccc3c2Cl)cc1. The molecule has 0 amide bonds. The van der Waals surface area contributed by atoms with Crippen LogP contribution in [-0.4, -0.2) is 18.4 Å². The molecule has 0 aliphatic carbocycles. The van der Waals surface area contributed by atoms with E-state index in [0.717, 1.165) is 5.56 Å². The van der Waals surface area contributed by atoms with Gasteiger partial charge < -0.3 is 4.98 Å². The average molecular weight is 307 g/mol. The molecule has 0 spiro atoms. The van der Waals surface area contributed by atoms with Gasteiger partial charge in [-0.25, -0.2) is 13.4 Å². The van der Waals surface area contributed by atoms with E-state index in [2.05, 4.69) is 9.97 Å². The van der Waals surface area contributed by atoms with Crippen molar-refractivity contribution in [1.82, 2.24) is 9.97 Å². The molecule has 4 nitrogen and oxygen atoms in total. The fraction of sp³-hybridized carbons (Fsp3) is 0.0714. The minimum absolute atomic E-state index is 0.0233. The molecule has 20 heavy (non-hydrogen) atoms. The molecule has 2 aromatic heterocycles. The number of sulfone groups is 1. The molecule has 6 heteroatoms. The van der Waals surface area contributed by atoms with Crippen LogP contribution in [-0.2, 0) is 9.84 Å². The van der Waals surface area contributed by atoms with E-state index in [1.165, 1.54) is 6.20 Å². The van der Waals surface area contributed by atoms with Crippen molar-refractivity contribution in [2.24, 2.45) is 0 Å². The highest BCUT2D eigenvalue weighted by molar-refractivity contribution is 7.91. The number of hydrogen-bond donors (Lipinski definition) is 1. The third kappa shape index (κ3) is 1.99. The maximum atomic E-state index is 12.6. The largest absolute Gasteiger partial charge is 0.346 e. The molecule has 0 atom stereocenters. The van der Waals surface area contributed by atoms with Crippen LogP contribution < -0.4 is 0 Å². The van der Waals surface area contributed by atoms with Crippen LogP contribution in [0.5, 0.6) is 0 Å². The fourth-order valence-corrected chi connectivity index (χ4v) is 3.78. The molecule has 0 fully saturated rings. The molecule has 102 valence electrons. The molecule has 1 N–H and O–H groups in total. The summed E-state index contributed by atoms with van der Waals surface area (Å²) in [7, 11) is -3.66. The van der Waals surface area contributed by atoms with Crippen molar-refractivity contribution in [2.75, 3.05) is 0 Å². The number of H-pyrrole nitrogens is 1. The third-order valence-corrected chi connectivity index (χ3v) is 5.41. The maximum absolute atomic E-state index is 12.6. The van der Waals surface area contributed by atoms with Crippen LogP contribution in [0.15, 0.2) is 52.5 Å². The molecule has 2 heterocycles. The van der Waals surface area contributed by atoms with Gasteiger partial charge >= 0.3 is 0 Å². The zero-order chi connectivity index (χ0) is 14.3. The number of nitrogens with zero attached hydrogens (tertiary/aromatic N) is 1. The molecule has 3 aromatic rings. The second-order valence-electron chi connectivity index (χ2n) is 4.49. The van der Waals surface area contributed by atoms with Gasteiger partial charge in [-0.3, -0.25) is 0 Å². The number of benzene rings is 1. The quantitative estimate of drug-likeness (QED) is 0.789. The summed E-state index contributed by atoms with van der Waals surface area (Å²) < 4.78 is 25.2. The van der Waals surface area contributed by atoms with Gasteiger partial charge in [0.25, 0.3) is 0 Å². The second-order valence-corrected chi connectivity index (χ2v) is 6.79. The molecule has 0 bridgehead atoms. The Morgan fingerprint density at radius 2 is 1.85 bits per heavy atom. The predicted molar refractivity (Wildman–Crippen MR) is 77.7 cm³/mol. The number of rotatable bonds is 2. The molecular weight excluding hydrogens is 296 g/mol. The Kier molecular flexibility index (Phi) is 3.03. The highest BCUT2D eigenvalue weighted by Gasteiger charge is 2.23. The van der Waals surface area contributed by atoms with Gasteiger partial charge in [-0.2, -0.15) is 0 Å². The summed E-state index contributed by atoms with van der Waals surface area (Å²) in [5, 5.41) is 0.789. The van der Waals surface area contributed by atoms with Crippen molar-refractivity contribution < 1.29 is 8.42 Å². The number of hydrogen-bond acceptors (Lipinski definition) is 3. The summed E-state index contributed by atoms with van der Waals surface area (Å²) in [6.45, 7) is 1.90. The van der Waals surface area contributed by atoms with Crippen LogP contribution in [0, 0.1) is 6.92 Å². The Labute approximate surface area is 121 Å². The third-order valence-electron chi connectivity index (χ3n) is 3.11. The highest BCUT2D eigenvalue weighted by Crippen LogP contribution is 2.32. The number of aryl methyl sites for hydroxylation is 1. The van der Waals surface area contributed by atoms with E-state index in [9.17, 15) is 8.42 Å². The molecule has 3 rings (SSSR count). The molecular formula is C14H11ClN2O2S. The number of pyridine rings is 1. The molecule has 0 saturated heterocycles. The van der Waals surface area contributed by atoms with Crippen LogP contribution in [0.4, 0.5) is 0 Å². The summed E-state index contributed by atoms with van der Waals surface area (Å²) in [4.78, 5) is 7.22. The van der Waals surface area contributed by atoms with E-state index in [1.807, 2.05) is 6.92 Å². The molecule has 1 aromatic carbocycles. The Bertz CT molecular complexity index is 883. The van der Waals surface area contributed by atoms with Crippen molar-refractivity contribution in [1.29, 1.82) is 0 Å². The predicted octanol–water partition coefficient (Wildman–Crippen LogP) is 3.36. The summed E-state index contributed by atoms with van der Waals surface area (Å²) in [5.74, 6) is 0. The summed E-state index contributed by atoms with van der Waals surface area (Å²) in [6.07, 6.45) is 2.96. The van der Waals surface area contributed by atoms with Gasteiger partial charge in [-0.1, -0.05) is 29.3 Å². The lowest BCUT2D eigenvalue weighted by atomic mass is 10.2. The lowest BCUT2D eigenvalue weighted by Crippen LogP contribution is -2.03. The minimum atomic E-state index is -3.66. The van der Waals surface area contributed by atoms with Crippen molar-refractivity contribution in [3.8, 4) is 0 Å². The van der Waals surface area contributed by atoms with Gasteiger partial charge in [0.05, 0.1) is 9.92 Å². The van der Waals surface area contributed by atoms with Gasteiger partial charge in [0.2, 0.25) is 9.84 Å². The first-order valence-electron chi connectivity index (χ1n) is 5.93. The van der Waals surface area contributed by atoms with E-state index < -0.39 is 9.84 Å². The Morgan fingerprint density at radius 3 is 2.55 bits per heavy atom. The number of aromatic amines is 1. The Morgan fingerprint density at radius 1 is 1.15 bits per heavy atom. The average Bonchev–Trinajstić information content (AvgIpc) is 2.88. The molecule has 0 radical (unpaired) electrons. The minimum Gasteiger partial charge on any atom is -0.346 e. The van der Waals surface area contributed by atoms with Crippen LogP contribution in [0.1, 0.15) is 5.56 Å². The van der Waals surface area contributed by atoms with Gasteiger partial charge in [0.15, 0.2) is 0 Å². The topological polar surface area (TPSA) is 62.8 Å². The lowest BCUT2D eigenvalue weighted by molar-refractivity contribution is 0.596. The lowest BCUT2D eigenvalue weighted by Gasteiger charge is -2.07. The number of halogens is 1. The van der Waals surface area contributed by atoms with E-state index in [-0.39, 0.29) is 14.8 Å². The number of aromatic nitrogens is 2. The van der Waals surface area contributed by atoms with Crippen molar-refractivity contribution in [3.63, 3.8) is 0 Å². The first kappa shape index (κ1) is 13.1. The fourth-order valence-electron chi connectivity index (χ4n) is 1.99. The zero-order valence-electron chi connectivity index (χ0n) is 10.6. The van der Waals surface area contributed by atoms with Crippen molar-refractivity contribution in [2.45, 2.75) is 16.7 Å². The first-order chi connectivity index (χ1) is 9.50. The van der Waals surface area contributed by atoms with Crippen LogP contribution in [0.3, 0.4) is 0 Å². The summed E-state index contributed by atoms with van der Waals surface area (Å²) in [6, 6.07) is 8.36. The first-order valence-corrected chi connectivity index (χ1v) is 7.79. The maximum Gasteiger partial charge on any atom is 0.209 e. The summed E-state index contributed by atoms with van der Waals surface area (Å²) >= 11 is 6.21. The van der Waals surface area contributed by atoms with E-state index in [4.69, 9.17) is 11.6 Å². The normalized spacial score (nSPS) is 11.9. The molecule has 0 aliphatic rings. The van der Waals surface area contributed by atoms with E-state index in [1.54, 1.807) is 36.5 Å². The van der Waals surface area contributed by atoms with Gasteiger partial charge in [-0.05, 0) is 25.1 Å². The summed E-state index contributed by atoms with van der Waals surface area (Å²) in [5.41, 5.74) is 1.56. The van der Waals surface area contributed by atoms with Crippen LogP contribution >= 0.6 is 11.6 Å².